The van der Waals surface area contributed by atoms with Crippen molar-refractivity contribution in [2.45, 2.75) is 111 Å². The summed E-state index contributed by atoms with van der Waals surface area (Å²) in [4.78, 5) is 13.7. The van der Waals surface area contributed by atoms with E-state index in [-0.39, 0.29) is 0 Å². The number of carboxylic acids is 1. The predicted octanol–water partition coefficient (Wildman–Crippen LogP) is 7.18. The largest absolute Gasteiger partial charge is 0.481 e. The fourth-order valence-electron chi connectivity index (χ4n) is 4.72. The van der Waals surface area contributed by atoms with Crippen molar-refractivity contribution in [1.29, 1.82) is 0 Å². The van der Waals surface area contributed by atoms with E-state index < -0.39 is 5.97 Å². The van der Waals surface area contributed by atoms with Crippen LogP contribution in [0.15, 0.2) is 18.2 Å². The molecule has 0 amide bonds. The SMILES string of the molecule is CCCCCCCCCC(=O)O.CCCNC(=S)Nc1ccc2[nH]c3c(c2c1)CC(NCC(C)C)CC3. The number of nitrogens with one attached hydrogen (secondary N) is 4. The molecular formula is C30H50N4O2S. The fraction of sp³-hybridized carbons (Fsp3) is 0.667. The van der Waals surface area contributed by atoms with Gasteiger partial charge in [0.15, 0.2) is 5.11 Å². The number of hydrogen-bond donors (Lipinski definition) is 5. The number of benzene rings is 1. The lowest BCUT2D eigenvalue weighted by molar-refractivity contribution is -0.137. The molecule has 208 valence electrons. The number of carboxylic acid groups (broad SMARTS) is 1. The van der Waals surface area contributed by atoms with Crippen LogP contribution < -0.4 is 16.0 Å². The third-order valence-corrected chi connectivity index (χ3v) is 7.04. The van der Waals surface area contributed by atoms with Crippen LogP contribution >= 0.6 is 12.2 Å². The van der Waals surface area contributed by atoms with Crippen molar-refractivity contribution in [2.24, 2.45) is 5.92 Å². The van der Waals surface area contributed by atoms with Crippen molar-refractivity contribution < 1.29 is 9.90 Å². The monoisotopic (exact) mass is 530 g/mol. The van der Waals surface area contributed by atoms with Gasteiger partial charge in [-0.15, -0.1) is 0 Å². The van der Waals surface area contributed by atoms with Gasteiger partial charge in [0.05, 0.1) is 0 Å². The number of carbonyl (C=O) groups is 1. The summed E-state index contributed by atoms with van der Waals surface area (Å²) < 4.78 is 0. The molecule has 0 saturated carbocycles. The molecule has 0 fully saturated rings. The lowest BCUT2D eigenvalue weighted by Gasteiger charge is -2.24. The van der Waals surface area contributed by atoms with E-state index in [1.165, 1.54) is 60.7 Å². The molecule has 1 atom stereocenters. The van der Waals surface area contributed by atoms with Gasteiger partial charge in [0.25, 0.3) is 0 Å². The molecule has 1 aromatic heterocycles. The first-order chi connectivity index (χ1) is 17.8. The van der Waals surface area contributed by atoms with Crippen LogP contribution in [0.4, 0.5) is 5.69 Å². The van der Waals surface area contributed by atoms with E-state index >= 15 is 0 Å². The van der Waals surface area contributed by atoms with Crippen molar-refractivity contribution in [3.8, 4) is 0 Å². The zero-order valence-electron chi connectivity index (χ0n) is 23.5. The van der Waals surface area contributed by atoms with Crippen molar-refractivity contribution >= 4 is 39.9 Å². The molecule has 3 rings (SSSR count). The van der Waals surface area contributed by atoms with Gasteiger partial charge in [0, 0.05) is 41.3 Å². The first-order valence-electron chi connectivity index (χ1n) is 14.5. The highest BCUT2D eigenvalue weighted by Crippen LogP contribution is 2.31. The number of fused-ring (bicyclic) bond motifs is 3. The second kappa shape index (κ2) is 17.4. The minimum atomic E-state index is -0.663. The van der Waals surface area contributed by atoms with Crippen molar-refractivity contribution in [1.82, 2.24) is 15.6 Å². The Morgan fingerprint density at radius 1 is 1.11 bits per heavy atom. The number of aromatic amines is 1. The smallest absolute Gasteiger partial charge is 0.303 e. The summed E-state index contributed by atoms with van der Waals surface area (Å²) in [5.41, 5.74) is 5.16. The molecule has 0 bridgehead atoms. The van der Waals surface area contributed by atoms with E-state index in [9.17, 15) is 4.79 Å². The van der Waals surface area contributed by atoms with Crippen molar-refractivity contribution in [3.05, 3.63) is 29.5 Å². The first kappa shape index (κ1) is 31.1. The summed E-state index contributed by atoms with van der Waals surface area (Å²) in [6.07, 6.45) is 13.1. The Morgan fingerprint density at radius 3 is 2.51 bits per heavy atom. The number of aromatic nitrogens is 1. The maximum Gasteiger partial charge on any atom is 0.303 e. The average Bonchev–Trinajstić information content (AvgIpc) is 3.23. The Bertz CT molecular complexity index is 956. The molecule has 1 heterocycles. The Balaban J connectivity index is 0.000000341. The standard InChI is InChI=1S/C20H30N4S.C10H20O2/c1-4-9-21-20(25)23-15-6-8-19-17(11-15)16-10-14(22-12-13(2)3)5-7-18(16)24-19;1-2-3-4-5-6-7-8-9-10(11)12/h6,8,11,13-14,22,24H,4-5,7,9-10,12H2,1-3H3,(H2,21,23,25);2-9H2,1H3,(H,11,12). The van der Waals surface area contributed by atoms with Crippen LogP contribution in [-0.4, -0.2) is 40.3 Å². The Hall–Kier alpha value is -2.12. The minimum Gasteiger partial charge on any atom is -0.481 e. The molecule has 7 heteroatoms. The molecular weight excluding hydrogens is 480 g/mol. The number of thiocarbonyl (C=S) groups is 1. The van der Waals surface area contributed by atoms with Crippen LogP contribution in [0.1, 0.15) is 103 Å². The molecule has 2 aromatic rings. The van der Waals surface area contributed by atoms with Gasteiger partial charge in [-0.25, -0.2) is 0 Å². The normalized spacial score (nSPS) is 14.7. The summed E-state index contributed by atoms with van der Waals surface area (Å²) in [7, 11) is 0. The topological polar surface area (TPSA) is 89.2 Å². The first-order valence-corrected chi connectivity index (χ1v) is 14.9. The quantitative estimate of drug-likeness (QED) is 0.131. The molecule has 0 saturated heterocycles. The van der Waals surface area contributed by atoms with Crippen LogP contribution in [0, 0.1) is 5.92 Å². The Morgan fingerprint density at radius 2 is 1.84 bits per heavy atom. The van der Waals surface area contributed by atoms with Gasteiger partial charge in [-0.3, -0.25) is 4.79 Å². The molecule has 1 unspecified atom stereocenters. The van der Waals surface area contributed by atoms with E-state index in [0.29, 0.717) is 23.5 Å². The molecule has 37 heavy (non-hydrogen) atoms. The number of aryl methyl sites for hydroxylation is 1. The maximum atomic E-state index is 10.1. The van der Waals surface area contributed by atoms with Crippen LogP contribution in [0.5, 0.6) is 0 Å². The zero-order valence-corrected chi connectivity index (χ0v) is 24.4. The van der Waals surface area contributed by atoms with Gasteiger partial charge in [-0.05, 0) is 80.5 Å². The number of unbranched alkanes of at least 4 members (excludes halogenated alkanes) is 6. The number of anilines is 1. The number of rotatable bonds is 14. The van der Waals surface area contributed by atoms with E-state index in [2.05, 4.69) is 66.8 Å². The second-order valence-electron chi connectivity index (χ2n) is 10.7. The summed E-state index contributed by atoms with van der Waals surface area (Å²) in [6, 6.07) is 7.07. The van der Waals surface area contributed by atoms with Gasteiger partial charge >= 0.3 is 5.97 Å². The van der Waals surface area contributed by atoms with Gasteiger partial charge in [-0.1, -0.05) is 66.2 Å². The number of hydrogen-bond acceptors (Lipinski definition) is 3. The highest BCUT2D eigenvalue weighted by molar-refractivity contribution is 7.80. The lowest BCUT2D eigenvalue weighted by atomic mass is 9.91. The Kier molecular flexibility index (Phi) is 14.6. The van der Waals surface area contributed by atoms with Crippen molar-refractivity contribution in [3.63, 3.8) is 0 Å². The van der Waals surface area contributed by atoms with Crippen LogP contribution in [0.25, 0.3) is 10.9 Å². The average molecular weight is 531 g/mol. The fourth-order valence-corrected chi connectivity index (χ4v) is 4.94. The summed E-state index contributed by atoms with van der Waals surface area (Å²) in [5, 5.41) is 20.6. The molecule has 0 aliphatic heterocycles. The molecule has 5 N–H and O–H groups in total. The van der Waals surface area contributed by atoms with Crippen molar-refractivity contribution in [2.75, 3.05) is 18.4 Å². The third kappa shape index (κ3) is 11.9. The van der Waals surface area contributed by atoms with Gasteiger partial charge < -0.3 is 26.0 Å². The van der Waals surface area contributed by atoms with Crippen LogP contribution in [-0.2, 0) is 17.6 Å². The number of aliphatic carboxylic acids is 1. The minimum absolute atomic E-state index is 0.341. The van der Waals surface area contributed by atoms with E-state index in [0.717, 1.165) is 50.9 Å². The molecule has 0 spiro atoms. The summed E-state index contributed by atoms with van der Waals surface area (Å²) in [6.45, 7) is 10.9. The van der Waals surface area contributed by atoms with E-state index in [1.807, 2.05) is 0 Å². The third-order valence-electron chi connectivity index (χ3n) is 6.79. The molecule has 1 aliphatic rings. The van der Waals surface area contributed by atoms with Gasteiger partial charge in [-0.2, -0.15) is 0 Å². The molecule has 0 radical (unpaired) electrons. The lowest BCUT2D eigenvalue weighted by Crippen LogP contribution is -2.36. The highest BCUT2D eigenvalue weighted by Gasteiger charge is 2.22. The molecule has 6 nitrogen and oxygen atoms in total. The van der Waals surface area contributed by atoms with E-state index in [1.54, 1.807) is 0 Å². The predicted molar refractivity (Wildman–Crippen MR) is 162 cm³/mol. The molecule has 1 aliphatic carbocycles. The summed E-state index contributed by atoms with van der Waals surface area (Å²) in [5.74, 6) is 0.0281. The Labute approximate surface area is 229 Å². The van der Waals surface area contributed by atoms with Gasteiger partial charge in [0.2, 0.25) is 0 Å². The molecule has 1 aromatic carbocycles. The van der Waals surface area contributed by atoms with Gasteiger partial charge in [0.1, 0.15) is 0 Å². The summed E-state index contributed by atoms with van der Waals surface area (Å²) >= 11 is 5.36. The number of H-pyrrole nitrogens is 1. The second-order valence-corrected chi connectivity index (χ2v) is 11.1. The zero-order chi connectivity index (χ0) is 27.0. The maximum absolute atomic E-state index is 10.1. The highest BCUT2D eigenvalue weighted by atomic mass is 32.1. The van der Waals surface area contributed by atoms with Crippen LogP contribution in [0.2, 0.25) is 0 Å². The van der Waals surface area contributed by atoms with Crippen LogP contribution in [0.3, 0.4) is 0 Å². The van der Waals surface area contributed by atoms with E-state index in [4.69, 9.17) is 17.3 Å².